The molecule has 4 nitrogen and oxygen atoms in total. The predicted octanol–water partition coefficient (Wildman–Crippen LogP) is 0.917. The van der Waals surface area contributed by atoms with Gasteiger partial charge in [-0.1, -0.05) is 0 Å². The van der Waals surface area contributed by atoms with Crippen LogP contribution < -0.4 is 5.43 Å². The monoisotopic (exact) mass is 150 g/mol. The Bertz CT molecular complexity index is 260. The fourth-order valence-electron chi connectivity index (χ4n) is 0.658. The Morgan fingerprint density at radius 1 is 1.27 bits per heavy atom. The molecule has 0 atom stereocenters. The Balaban J connectivity index is 2.91. The maximum Gasteiger partial charge on any atom is 0.236 e. The van der Waals surface area contributed by atoms with E-state index in [9.17, 15) is 0 Å². The first-order valence-corrected chi connectivity index (χ1v) is 3.31. The van der Waals surface area contributed by atoms with Crippen LogP contribution in [0.3, 0.4) is 0 Å². The highest BCUT2D eigenvalue weighted by Crippen LogP contribution is 1.88. The van der Waals surface area contributed by atoms with Gasteiger partial charge in [-0.3, -0.25) is 5.41 Å². The second-order valence-corrected chi connectivity index (χ2v) is 2.30. The van der Waals surface area contributed by atoms with Gasteiger partial charge in [0.1, 0.15) is 0 Å². The summed E-state index contributed by atoms with van der Waals surface area (Å²) in [4.78, 5) is 3.87. The topological polar surface area (TPSA) is 60.6 Å². The molecular formula is C7H10N4. The van der Waals surface area contributed by atoms with E-state index in [1.807, 2.05) is 26.0 Å². The number of rotatable bonds is 0. The van der Waals surface area contributed by atoms with E-state index in [2.05, 4.69) is 15.5 Å². The van der Waals surface area contributed by atoms with Gasteiger partial charge in [0.15, 0.2) is 0 Å². The largest absolute Gasteiger partial charge is 0.266 e. The van der Waals surface area contributed by atoms with Crippen molar-refractivity contribution in [2.75, 3.05) is 0 Å². The van der Waals surface area contributed by atoms with Crippen LogP contribution in [0.1, 0.15) is 13.8 Å². The predicted molar refractivity (Wildman–Crippen MR) is 46.2 cm³/mol. The summed E-state index contributed by atoms with van der Waals surface area (Å²) in [7, 11) is 0. The van der Waals surface area contributed by atoms with Crippen LogP contribution in [0.15, 0.2) is 22.2 Å². The van der Waals surface area contributed by atoms with Crippen LogP contribution in [-0.2, 0) is 0 Å². The van der Waals surface area contributed by atoms with E-state index in [-0.39, 0.29) is 5.96 Å². The van der Waals surface area contributed by atoms with E-state index in [1.54, 1.807) is 0 Å². The fraction of sp³-hybridized carbons (Fsp3) is 0.286. The Hall–Kier alpha value is -1.45. The quantitative estimate of drug-likeness (QED) is 0.530. The molecule has 0 aliphatic carbocycles. The summed E-state index contributed by atoms with van der Waals surface area (Å²) in [5.41, 5.74) is 4.14. The highest BCUT2D eigenvalue weighted by Gasteiger charge is 1.94. The Kier molecular flexibility index (Phi) is 2.15. The van der Waals surface area contributed by atoms with Crippen molar-refractivity contribution in [1.29, 1.82) is 5.41 Å². The maximum absolute atomic E-state index is 7.21. The van der Waals surface area contributed by atoms with Crippen molar-refractivity contribution < 1.29 is 0 Å². The molecule has 0 bridgehead atoms. The lowest BCUT2D eigenvalue weighted by molar-refractivity contribution is 0.992. The SMILES string of the molecule is CC1=NNC(=N)/N=C(C)\C=C/1. The number of hydrogen-bond donors (Lipinski definition) is 2. The fourth-order valence-corrected chi connectivity index (χ4v) is 0.658. The Morgan fingerprint density at radius 3 is 2.64 bits per heavy atom. The van der Waals surface area contributed by atoms with Crippen molar-refractivity contribution in [2.45, 2.75) is 13.8 Å². The zero-order valence-corrected chi connectivity index (χ0v) is 6.55. The molecule has 58 valence electrons. The van der Waals surface area contributed by atoms with Crippen LogP contribution in [0.25, 0.3) is 0 Å². The minimum atomic E-state index is 0.0752. The van der Waals surface area contributed by atoms with E-state index in [4.69, 9.17) is 5.41 Å². The Labute approximate surface area is 65.2 Å². The molecule has 0 aromatic heterocycles. The van der Waals surface area contributed by atoms with Gasteiger partial charge in [0.05, 0.1) is 5.71 Å². The molecule has 0 unspecified atom stereocenters. The van der Waals surface area contributed by atoms with Gasteiger partial charge in [0.2, 0.25) is 5.96 Å². The first-order chi connectivity index (χ1) is 5.18. The average molecular weight is 150 g/mol. The molecule has 1 heterocycles. The van der Waals surface area contributed by atoms with Gasteiger partial charge in [0, 0.05) is 5.71 Å². The van der Waals surface area contributed by atoms with Crippen LogP contribution in [0.5, 0.6) is 0 Å². The van der Waals surface area contributed by atoms with Crippen molar-refractivity contribution in [2.24, 2.45) is 10.1 Å². The number of hydrogen-bond acceptors (Lipinski definition) is 2. The normalized spacial score (nSPS) is 25.5. The van der Waals surface area contributed by atoms with Gasteiger partial charge in [-0.15, -0.1) is 0 Å². The summed E-state index contributed by atoms with van der Waals surface area (Å²) in [6.45, 7) is 3.70. The molecule has 2 N–H and O–H groups in total. The standard InChI is InChI=1S/C7H10N4/c1-5-3-4-6(2)10-11-7(8)9-5/h3-4H,1-2H3,(H2,8,9,11). The molecule has 11 heavy (non-hydrogen) atoms. The number of nitrogens with zero attached hydrogens (tertiary/aromatic N) is 2. The van der Waals surface area contributed by atoms with Crippen LogP contribution in [0, 0.1) is 5.41 Å². The summed E-state index contributed by atoms with van der Waals surface area (Å²) in [5.74, 6) is 0.0752. The molecule has 0 spiro atoms. The lowest BCUT2D eigenvalue weighted by atomic mass is 10.3. The minimum absolute atomic E-state index is 0.0752. The summed E-state index contributed by atoms with van der Waals surface area (Å²) in [5, 5.41) is 11.1. The highest BCUT2D eigenvalue weighted by molar-refractivity contribution is 6.07. The summed E-state index contributed by atoms with van der Waals surface area (Å²) in [6, 6.07) is 0. The van der Waals surface area contributed by atoms with Crippen molar-refractivity contribution in [1.82, 2.24) is 5.43 Å². The van der Waals surface area contributed by atoms with Gasteiger partial charge in [-0.2, -0.15) is 5.10 Å². The lowest BCUT2D eigenvalue weighted by Gasteiger charge is -2.01. The molecule has 0 saturated carbocycles. The van der Waals surface area contributed by atoms with E-state index < -0.39 is 0 Å². The first kappa shape index (κ1) is 7.65. The third-order valence-electron chi connectivity index (χ3n) is 1.19. The number of hydrazone groups is 1. The van der Waals surface area contributed by atoms with Crippen LogP contribution in [-0.4, -0.2) is 17.4 Å². The molecule has 1 aliphatic heterocycles. The maximum atomic E-state index is 7.21. The van der Waals surface area contributed by atoms with Crippen LogP contribution in [0.4, 0.5) is 0 Å². The number of allylic oxidation sites excluding steroid dienone is 2. The van der Waals surface area contributed by atoms with E-state index >= 15 is 0 Å². The van der Waals surface area contributed by atoms with Gasteiger partial charge < -0.3 is 0 Å². The van der Waals surface area contributed by atoms with Crippen molar-refractivity contribution in [3.8, 4) is 0 Å². The van der Waals surface area contributed by atoms with E-state index in [1.165, 1.54) is 0 Å². The number of guanidine groups is 1. The molecular weight excluding hydrogens is 140 g/mol. The molecule has 0 radical (unpaired) electrons. The third kappa shape index (κ3) is 2.33. The lowest BCUT2D eigenvalue weighted by Crippen LogP contribution is -2.17. The molecule has 0 aromatic carbocycles. The number of nitrogens with one attached hydrogen (secondary N) is 2. The van der Waals surface area contributed by atoms with Crippen LogP contribution in [0.2, 0.25) is 0 Å². The smallest absolute Gasteiger partial charge is 0.236 e. The van der Waals surface area contributed by atoms with E-state index in [0.717, 1.165) is 11.4 Å². The second-order valence-electron chi connectivity index (χ2n) is 2.30. The molecule has 1 rings (SSSR count). The molecule has 4 heteroatoms. The van der Waals surface area contributed by atoms with Crippen molar-refractivity contribution in [3.05, 3.63) is 12.2 Å². The Morgan fingerprint density at radius 2 is 1.91 bits per heavy atom. The zero-order chi connectivity index (χ0) is 8.27. The van der Waals surface area contributed by atoms with Gasteiger partial charge in [-0.05, 0) is 26.0 Å². The number of aliphatic imine (C=N–C) groups is 1. The second kappa shape index (κ2) is 3.09. The van der Waals surface area contributed by atoms with Crippen LogP contribution >= 0.6 is 0 Å². The first-order valence-electron chi connectivity index (χ1n) is 3.31. The summed E-state index contributed by atoms with van der Waals surface area (Å²) < 4.78 is 0. The van der Waals surface area contributed by atoms with Gasteiger partial charge in [0.25, 0.3) is 0 Å². The molecule has 0 saturated heterocycles. The minimum Gasteiger partial charge on any atom is -0.266 e. The van der Waals surface area contributed by atoms with Gasteiger partial charge in [-0.25, -0.2) is 10.4 Å². The average Bonchev–Trinajstić information content (AvgIpc) is 1.95. The van der Waals surface area contributed by atoms with Gasteiger partial charge >= 0.3 is 0 Å². The molecule has 0 aromatic rings. The zero-order valence-electron chi connectivity index (χ0n) is 6.55. The van der Waals surface area contributed by atoms with Crippen molar-refractivity contribution >= 4 is 17.4 Å². The molecule has 0 amide bonds. The summed E-state index contributed by atoms with van der Waals surface area (Å²) >= 11 is 0. The van der Waals surface area contributed by atoms with Crippen molar-refractivity contribution in [3.63, 3.8) is 0 Å². The van der Waals surface area contributed by atoms with E-state index in [0.29, 0.717) is 0 Å². The highest BCUT2D eigenvalue weighted by atomic mass is 15.4. The molecule has 0 fully saturated rings. The summed E-state index contributed by atoms with van der Waals surface area (Å²) in [6.07, 6.45) is 3.67. The molecule has 1 aliphatic rings. The third-order valence-corrected chi connectivity index (χ3v) is 1.19.